The predicted octanol–water partition coefficient (Wildman–Crippen LogP) is 2.92. The van der Waals surface area contributed by atoms with E-state index in [1.54, 1.807) is 60.7 Å². The van der Waals surface area contributed by atoms with Crippen LogP contribution in [0.1, 0.15) is 11.4 Å². The van der Waals surface area contributed by atoms with Gasteiger partial charge >= 0.3 is 17.9 Å². The monoisotopic (exact) mass is 493 g/mol. The van der Waals surface area contributed by atoms with E-state index < -0.39 is 23.7 Å². The summed E-state index contributed by atoms with van der Waals surface area (Å²) in [4.78, 5) is 23.3. The Balaban J connectivity index is 0.000000331. The Bertz CT molecular complexity index is 1590. The number of aromatic nitrogens is 7. The van der Waals surface area contributed by atoms with Gasteiger partial charge in [0.05, 0.1) is 17.4 Å². The van der Waals surface area contributed by atoms with Gasteiger partial charge in [0.15, 0.2) is 5.65 Å². The average Bonchev–Trinajstić information content (AvgIpc) is 3.49. The van der Waals surface area contributed by atoms with E-state index in [2.05, 4.69) is 25.4 Å². The third-order valence-corrected chi connectivity index (χ3v) is 4.88. The number of alkyl halides is 2. The van der Waals surface area contributed by atoms with E-state index in [9.17, 15) is 9.59 Å². The molecule has 1 aromatic carbocycles. The molecule has 5 rings (SSSR count). The molecule has 182 valence electrons. The maximum absolute atomic E-state index is 15.3. The third-order valence-electron chi connectivity index (χ3n) is 4.88. The van der Waals surface area contributed by atoms with Crippen LogP contribution in [0.3, 0.4) is 0 Å². The lowest BCUT2D eigenvalue weighted by Gasteiger charge is -2.15. The quantitative estimate of drug-likeness (QED) is 0.353. The van der Waals surface area contributed by atoms with E-state index in [4.69, 9.17) is 10.2 Å². The molecule has 0 amide bonds. The van der Waals surface area contributed by atoms with Crippen molar-refractivity contribution in [3.63, 3.8) is 0 Å². The largest absolute Gasteiger partial charge is 0.478 e. The third kappa shape index (κ3) is 5.04. The Kier molecular flexibility index (Phi) is 6.46. The van der Waals surface area contributed by atoms with Gasteiger partial charge in [-0.25, -0.2) is 9.59 Å². The first-order valence-corrected chi connectivity index (χ1v) is 10.2. The van der Waals surface area contributed by atoms with Gasteiger partial charge in [-0.1, -0.05) is 12.1 Å². The van der Waals surface area contributed by atoms with Gasteiger partial charge in [-0.05, 0) is 30.3 Å². The summed E-state index contributed by atoms with van der Waals surface area (Å²) in [6.07, 6.45) is 6.11. The molecule has 4 aromatic heterocycles. The number of pyridine rings is 1. The second-order valence-corrected chi connectivity index (χ2v) is 7.41. The molecule has 0 spiro atoms. The van der Waals surface area contributed by atoms with E-state index in [-0.39, 0.29) is 11.2 Å². The van der Waals surface area contributed by atoms with Gasteiger partial charge in [-0.3, -0.25) is 9.67 Å². The number of carboxylic acid groups (broad SMARTS) is 2. The molecule has 4 heterocycles. The molecule has 0 unspecified atom stereocenters. The molecule has 0 fully saturated rings. The van der Waals surface area contributed by atoms with Gasteiger partial charge in [0.25, 0.3) is 0 Å². The van der Waals surface area contributed by atoms with Gasteiger partial charge < -0.3 is 10.2 Å². The number of carboxylic acids is 2. The van der Waals surface area contributed by atoms with Crippen LogP contribution in [0.5, 0.6) is 0 Å². The summed E-state index contributed by atoms with van der Waals surface area (Å²) in [5.74, 6) is -6.44. The summed E-state index contributed by atoms with van der Waals surface area (Å²) in [7, 11) is 1.77. The van der Waals surface area contributed by atoms with Gasteiger partial charge in [0.2, 0.25) is 5.82 Å². The fraction of sp³-hybridized carbons (Fsp3) is 0.0870. The van der Waals surface area contributed by atoms with E-state index >= 15 is 8.78 Å². The van der Waals surface area contributed by atoms with Crippen molar-refractivity contribution in [1.82, 2.24) is 34.6 Å². The van der Waals surface area contributed by atoms with E-state index in [1.165, 1.54) is 12.1 Å². The topological polar surface area (TPSA) is 148 Å². The number of carbonyl (C=O) groups is 2. The highest BCUT2D eigenvalue weighted by Crippen LogP contribution is 2.35. The highest BCUT2D eigenvalue weighted by Gasteiger charge is 2.40. The Morgan fingerprint density at radius 3 is 2.44 bits per heavy atom. The van der Waals surface area contributed by atoms with Crippen molar-refractivity contribution < 1.29 is 28.6 Å². The van der Waals surface area contributed by atoms with Crippen LogP contribution in [0.15, 0.2) is 73.2 Å². The Morgan fingerprint density at radius 1 is 1.03 bits per heavy atom. The summed E-state index contributed by atoms with van der Waals surface area (Å²) < 4.78 is 33.3. The maximum atomic E-state index is 15.3. The number of fused-ring (bicyclic) bond motifs is 2. The van der Waals surface area contributed by atoms with Crippen molar-refractivity contribution in [3.05, 3.63) is 84.6 Å². The summed E-state index contributed by atoms with van der Waals surface area (Å²) in [6, 6.07) is 11.1. The Hall–Kier alpha value is -5.07. The number of nitrogens with zero attached hydrogens (tertiary/aromatic N) is 7. The van der Waals surface area contributed by atoms with Crippen molar-refractivity contribution in [2.24, 2.45) is 7.05 Å². The van der Waals surface area contributed by atoms with Crippen molar-refractivity contribution in [2.75, 3.05) is 0 Å². The first-order valence-electron chi connectivity index (χ1n) is 10.2. The normalized spacial score (nSPS) is 11.5. The Morgan fingerprint density at radius 2 is 1.78 bits per heavy atom. The molecule has 0 radical (unpaired) electrons. The lowest BCUT2D eigenvalue weighted by Crippen LogP contribution is -2.20. The fourth-order valence-corrected chi connectivity index (χ4v) is 3.23. The zero-order valence-electron chi connectivity index (χ0n) is 18.5. The highest BCUT2D eigenvalue weighted by atomic mass is 19.3. The SMILES string of the molecule is Cn1cc(-c2ccc3nnc(C(F)(F)c4ccc5ncccc5c4)n3n2)cn1.O=C(O)/C=C/C(=O)O. The zero-order chi connectivity index (χ0) is 25.9. The molecule has 0 saturated carbocycles. The van der Waals surface area contributed by atoms with Crippen LogP contribution >= 0.6 is 0 Å². The number of hydrogen-bond donors (Lipinski definition) is 2. The fourth-order valence-electron chi connectivity index (χ4n) is 3.23. The van der Waals surface area contributed by atoms with Crippen molar-refractivity contribution in [1.29, 1.82) is 0 Å². The molecule has 0 saturated heterocycles. The Labute approximate surface area is 201 Å². The number of halogens is 2. The molecule has 11 nitrogen and oxygen atoms in total. The van der Waals surface area contributed by atoms with Crippen LogP contribution in [-0.2, 0) is 22.6 Å². The average molecular weight is 493 g/mol. The van der Waals surface area contributed by atoms with E-state index in [0.29, 0.717) is 34.3 Å². The summed E-state index contributed by atoms with van der Waals surface area (Å²) in [5, 5.41) is 32.2. The van der Waals surface area contributed by atoms with Gasteiger partial charge in [-0.2, -0.15) is 23.5 Å². The predicted molar refractivity (Wildman–Crippen MR) is 122 cm³/mol. The van der Waals surface area contributed by atoms with Gasteiger partial charge in [0.1, 0.15) is 0 Å². The minimum absolute atomic E-state index is 0.198. The van der Waals surface area contributed by atoms with Crippen LogP contribution in [0.25, 0.3) is 27.8 Å². The molecule has 0 aliphatic rings. The molecule has 2 N–H and O–H groups in total. The number of benzene rings is 1. The molecule has 5 aromatic rings. The molecule has 0 atom stereocenters. The lowest BCUT2D eigenvalue weighted by molar-refractivity contribution is -0.134. The van der Waals surface area contributed by atoms with Crippen molar-refractivity contribution >= 4 is 28.5 Å². The number of rotatable bonds is 5. The lowest BCUT2D eigenvalue weighted by atomic mass is 10.0. The van der Waals surface area contributed by atoms with E-state index in [1.807, 2.05) is 0 Å². The van der Waals surface area contributed by atoms with Crippen LogP contribution in [-0.4, -0.2) is 56.7 Å². The van der Waals surface area contributed by atoms with Crippen LogP contribution in [0.4, 0.5) is 8.78 Å². The molecular weight excluding hydrogens is 476 g/mol. The summed E-state index contributed by atoms with van der Waals surface area (Å²) in [6.45, 7) is 0. The van der Waals surface area contributed by atoms with Crippen LogP contribution in [0, 0.1) is 0 Å². The second-order valence-electron chi connectivity index (χ2n) is 7.41. The number of hydrogen-bond acceptors (Lipinski definition) is 7. The number of aliphatic carboxylic acids is 2. The second kappa shape index (κ2) is 9.66. The van der Waals surface area contributed by atoms with Crippen molar-refractivity contribution in [2.45, 2.75) is 5.92 Å². The highest BCUT2D eigenvalue weighted by molar-refractivity contribution is 5.89. The first-order chi connectivity index (χ1) is 17.1. The maximum Gasteiger partial charge on any atom is 0.333 e. The first kappa shape index (κ1) is 24.1. The standard InChI is InChI=1S/C19H13F2N7.C4H4O4/c1-27-11-13(10-23-27)16-6-7-17-24-25-18(28(17)26-16)19(20,21)14-4-5-15-12(9-14)3-2-8-22-15;5-3(6)1-2-4(7)8/h2-11H,1H3;1-2H,(H,5,6)(H,7,8)/b;2-1+. The number of aryl methyl sites for hydroxylation is 1. The van der Waals surface area contributed by atoms with Crippen LogP contribution < -0.4 is 0 Å². The molecule has 0 aliphatic carbocycles. The minimum Gasteiger partial charge on any atom is -0.478 e. The van der Waals surface area contributed by atoms with Gasteiger partial charge in [0, 0.05) is 48.1 Å². The molecular formula is C23H17F2N7O4. The minimum atomic E-state index is -3.38. The zero-order valence-corrected chi connectivity index (χ0v) is 18.5. The molecule has 0 bridgehead atoms. The van der Waals surface area contributed by atoms with E-state index in [0.717, 1.165) is 4.52 Å². The molecule has 36 heavy (non-hydrogen) atoms. The van der Waals surface area contributed by atoms with Gasteiger partial charge in [-0.15, -0.1) is 10.2 Å². The molecule has 0 aliphatic heterocycles. The molecule has 13 heteroatoms. The summed E-state index contributed by atoms with van der Waals surface area (Å²) >= 11 is 0. The van der Waals surface area contributed by atoms with Crippen molar-refractivity contribution in [3.8, 4) is 11.3 Å². The summed E-state index contributed by atoms with van der Waals surface area (Å²) in [5.41, 5.74) is 1.90. The van der Waals surface area contributed by atoms with Crippen LogP contribution in [0.2, 0.25) is 0 Å². The smallest absolute Gasteiger partial charge is 0.333 e.